The number of anilines is 1. The van der Waals surface area contributed by atoms with E-state index in [1.807, 2.05) is 12.1 Å². The third-order valence-electron chi connectivity index (χ3n) is 6.17. The second-order valence-electron chi connectivity index (χ2n) is 8.36. The molecule has 3 aromatic rings. The Bertz CT molecular complexity index is 1130. The van der Waals surface area contributed by atoms with Crippen molar-refractivity contribution in [1.29, 1.82) is 0 Å². The topological polar surface area (TPSA) is 42.0 Å². The summed E-state index contributed by atoms with van der Waals surface area (Å²) in [4.78, 5) is 17.6. The van der Waals surface area contributed by atoms with Gasteiger partial charge in [-0.3, -0.25) is 9.69 Å². The highest BCUT2D eigenvalue weighted by atomic mass is 19.1. The minimum atomic E-state index is -0.389. The second-order valence-corrected chi connectivity index (χ2v) is 8.36. The molecule has 34 heavy (non-hydrogen) atoms. The molecule has 4 rings (SSSR count). The van der Waals surface area contributed by atoms with E-state index in [1.54, 1.807) is 43.4 Å². The Morgan fingerprint density at radius 1 is 0.912 bits per heavy atom. The molecule has 1 amide bonds. The van der Waals surface area contributed by atoms with Gasteiger partial charge in [-0.2, -0.15) is 0 Å². The van der Waals surface area contributed by atoms with Crippen LogP contribution in [0.1, 0.15) is 28.8 Å². The summed E-state index contributed by atoms with van der Waals surface area (Å²) < 4.78 is 37.8. The molecule has 0 atom stereocenters. The number of rotatable bonds is 7. The van der Waals surface area contributed by atoms with Crippen molar-refractivity contribution < 1.29 is 23.0 Å². The first-order chi connectivity index (χ1) is 16.5. The monoisotopic (exact) mass is 466 g/mol. The minimum Gasteiger partial charge on any atom is -0.493 e. The first-order valence-corrected chi connectivity index (χ1v) is 11.3. The number of carbonyl (C=O) groups excluding carboxylic acids is 1. The highest BCUT2D eigenvalue weighted by molar-refractivity contribution is 6.06. The fourth-order valence-electron chi connectivity index (χ4n) is 4.43. The maximum atomic E-state index is 13.6. The normalized spacial score (nSPS) is 14.6. The van der Waals surface area contributed by atoms with Gasteiger partial charge in [-0.05, 0) is 66.9 Å². The van der Waals surface area contributed by atoms with E-state index in [4.69, 9.17) is 9.47 Å². The zero-order valence-electron chi connectivity index (χ0n) is 19.3. The number of hydrogen-bond acceptors (Lipinski definition) is 4. The van der Waals surface area contributed by atoms with Crippen molar-refractivity contribution in [3.63, 3.8) is 0 Å². The van der Waals surface area contributed by atoms with E-state index in [9.17, 15) is 13.6 Å². The van der Waals surface area contributed by atoms with Crippen LogP contribution in [0.15, 0.2) is 66.7 Å². The Hall–Kier alpha value is -3.45. The molecular formula is C27H28F2N2O3. The Morgan fingerprint density at radius 3 is 2.26 bits per heavy atom. The van der Waals surface area contributed by atoms with E-state index in [-0.39, 0.29) is 23.6 Å². The molecule has 0 radical (unpaired) electrons. The highest BCUT2D eigenvalue weighted by Crippen LogP contribution is 2.34. The average molecular weight is 467 g/mol. The summed E-state index contributed by atoms with van der Waals surface area (Å²) >= 11 is 0. The summed E-state index contributed by atoms with van der Waals surface area (Å²) in [5.41, 5.74) is 2.03. The maximum absolute atomic E-state index is 13.6. The molecule has 5 nitrogen and oxygen atoms in total. The SMILES string of the molecule is COc1ccc(N(C(=O)c2ccc(F)cc2)C2CCN(Cc3cccc(F)c3)CC2)cc1OC. The van der Waals surface area contributed by atoms with E-state index < -0.39 is 0 Å². The molecule has 0 aliphatic carbocycles. The van der Waals surface area contributed by atoms with Crippen LogP contribution in [-0.4, -0.2) is 44.2 Å². The first kappa shape index (κ1) is 23.7. The molecule has 0 saturated carbocycles. The third kappa shape index (κ3) is 5.37. The van der Waals surface area contributed by atoms with Crippen molar-refractivity contribution in [1.82, 2.24) is 4.90 Å². The van der Waals surface area contributed by atoms with Crippen LogP contribution >= 0.6 is 0 Å². The van der Waals surface area contributed by atoms with Crippen molar-refractivity contribution in [2.75, 3.05) is 32.2 Å². The largest absolute Gasteiger partial charge is 0.493 e. The minimum absolute atomic E-state index is 0.0561. The fourth-order valence-corrected chi connectivity index (χ4v) is 4.43. The van der Waals surface area contributed by atoms with Gasteiger partial charge >= 0.3 is 0 Å². The molecule has 178 valence electrons. The van der Waals surface area contributed by atoms with Crippen LogP contribution in [0.25, 0.3) is 0 Å². The molecule has 1 heterocycles. The number of hydrogen-bond donors (Lipinski definition) is 0. The maximum Gasteiger partial charge on any atom is 0.258 e. The summed E-state index contributed by atoms with van der Waals surface area (Å²) in [5.74, 6) is 0.276. The average Bonchev–Trinajstić information content (AvgIpc) is 2.85. The van der Waals surface area contributed by atoms with Crippen LogP contribution in [-0.2, 0) is 6.54 Å². The van der Waals surface area contributed by atoms with E-state index in [1.165, 1.54) is 30.3 Å². The number of amides is 1. The molecule has 1 aliphatic heterocycles. The van der Waals surface area contributed by atoms with Crippen LogP contribution in [0.5, 0.6) is 11.5 Å². The Kier molecular flexibility index (Phi) is 7.43. The fraction of sp³-hybridized carbons (Fsp3) is 0.296. The zero-order valence-corrected chi connectivity index (χ0v) is 19.3. The van der Waals surface area contributed by atoms with Gasteiger partial charge in [0, 0.05) is 43.0 Å². The van der Waals surface area contributed by atoms with Crippen molar-refractivity contribution >= 4 is 11.6 Å². The molecular weight excluding hydrogens is 438 g/mol. The molecule has 0 unspecified atom stereocenters. The molecule has 3 aromatic carbocycles. The van der Waals surface area contributed by atoms with Gasteiger partial charge in [-0.15, -0.1) is 0 Å². The standard InChI is InChI=1S/C27H28F2N2O3/c1-33-25-11-10-24(17-26(25)34-2)31(27(32)20-6-8-21(28)9-7-20)23-12-14-30(15-13-23)18-19-4-3-5-22(29)16-19/h3-11,16-17,23H,12-15,18H2,1-2H3. The van der Waals surface area contributed by atoms with Crippen LogP contribution in [0.2, 0.25) is 0 Å². The summed E-state index contributed by atoms with van der Waals surface area (Å²) in [6.07, 6.45) is 1.49. The van der Waals surface area contributed by atoms with Gasteiger partial charge in [-0.25, -0.2) is 8.78 Å². The number of ether oxygens (including phenoxy) is 2. The lowest BCUT2D eigenvalue weighted by Gasteiger charge is -2.39. The lowest BCUT2D eigenvalue weighted by Crippen LogP contribution is -2.47. The number of methoxy groups -OCH3 is 2. The second kappa shape index (κ2) is 10.7. The highest BCUT2D eigenvalue weighted by Gasteiger charge is 2.30. The van der Waals surface area contributed by atoms with Gasteiger partial charge in [0.2, 0.25) is 0 Å². The molecule has 1 saturated heterocycles. The smallest absolute Gasteiger partial charge is 0.258 e. The van der Waals surface area contributed by atoms with Crippen molar-refractivity contribution in [3.05, 3.63) is 89.5 Å². The predicted octanol–water partition coefficient (Wildman–Crippen LogP) is 5.29. The molecule has 0 bridgehead atoms. The molecule has 0 N–H and O–H groups in total. The van der Waals surface area contributed by atoms with Crippen molar-refractivity contribution in [3.8, 4) is 11.5 Å². The molecule has 7 heteroatoms. The third-order valence-corrected chi connectivity index (χ3v) is 6.17. The first-order valence-electron chi connectivity index (χ1n) is 11.3. The Balaban J connectivity index is 1.57. The van der Waals surface area contributed by atoms with Crippen LogP contribution in [0.3, 0.4) is 0 Å². The van der Waals surface area contributed by atoms with E-state index in [0.717, 1.165) is 31.5 Å². The van der Waals surface area contributed by atoms with Gasteiger partial charge in [0.05, 0.1) is 14.2 Å². The van der Waals surface area contributed by atoms with E-state index in [0.29, 0.717) is 29.3 Å². The molecule has 0 aromatic heterocycles. The number of halogens is 2. The van der Waals surface area contributed by atoms with Crippen LogP contribution in [0.4, 0.5) is 14.5 Å². The van der Waals surface area contributed by atoms with Crippen molar-refractivity contribution in [2.24, 2.45) is 0 Å². The lowest BCUT2D eigenvalue weighted by atomic mass is 10.00. The summed E-state index contributed by atoms with van der Waals surface area (Å²) in [7, 11) is 3.12. The van der Waals surface area contributed by atoms with Crippen molar-refractivity contribution in [2.45, 2.75) is 25.4 Å². The number of likely N-dealkylation sites (tertiary alicyclic amines) is 1. The summed E-state index contributed by atoms with van der Waals surface area (Å²) in [6.45, 7) is 2.19. The van der Waals surface area contributed by atoms with Gasteiger partial charge in [0.15, 0.2) is 11.5 Å². The Labute approximate surface area is 198 Å². The van der Waals surface area contributed by atoms with Gasteiger partial charge in [0.1, 0.15) is 11.6 Å². The Morgan fingerprint density at radius 2 is 1.62 bits per heavy atom. The molecule has 1 fully saturated rings. The van der Waals surface area contributed by atoms with E-state index in [2.05, 4.69) is 4.90 Å². The van der Waals surface area contributed by atoms with Crippen LogP contribution in [0, 0.1) is 11.6 Å². The number of benzene rings is 3. The number of piperidine rings is 1. The number of carbonyl (C=O) groups is 1. The lowest BCUT2D eigenvalue weighted by molar-refractivity contribution is 0.0958. The number of nitrogens with zero attached hydrogens (tertiary/aromatic N) is 2. The summed E-state index contributed by atoms with van der Waals surface area (Å²) in [6, 6.07) is 17.6. The predicted molar refractivity (Wildman–Crippen MR) is 127 cm³/mol. The van der Waals surface area contributed by atoms with Crippen LogP contribution < -0.4 is 14.4 Å². The summed E-state index contributed by atoms with van der Waals surface area (Å²) in [5, 5.41) is 0. The van der Waals surface area contributed by atoms with Gasteiger partial charge in [0.25, 0.3) is 5.91 Å². The quantitative estimate of drug-likeness (QED) is 0.474. The molecule has 1 aliphatic rings. The van der Waals surface area contributed by atoms with Gasteiger partial charge in [-0.1, -0.05) is 12.1 Å². The van der Waals surface area contributed by atoms with Gasteiger partial charge < -0.3 is 14.4 Å². The van der Waals surface area contributed by atoms with E-state index >= 15 is 0 Å². The zero-order chi connectivity index (χ0) is 24.1. The molecule has 0 spiro atoms.